The second kappa shape index (κ2) is 8.57. The highest BCUT2D eigenvalue weighted by molar-refractivity contribution is 8.15. The smallest absolute Gasteiger partial charge is 0.422 e. The van der Waals surface area contributed by atoms with Crippen molar-refractivity contribution in [3.8, 4) is 5.88 Å². The van der Waals surface area contributed by atoms with Crippen LogP contribution in [-0.2, 0) is 5.54 Å². The minimum absolute atomic E-state index is 0.00515. The van der Waals surface area contributed by atoms with Gasteiger partial charge >= 0.3 is 6.18 Å². The van der Waals surface area contributed by atoms with Gasteiger partial charge in [-0.1, -0.05) is 11.8 Å². The van der Waals surface area contributed by atoms with Crippen LogP contribution in [0, 0.1) is 18.7 Å². The number of benzene rings is 1. The Kier molecular flexibility index (Phi) is 6.14. The maximum Gasteiger partial charge on any atom is 0.422 e. The number of aliphatic imine (C=N–C) groups is 1. The van der Waals surface area contributed by atoms with E-state index in [1.807, 2.05) is 0 Å². The lowest BCUT2D eigenvalue weighted by Gasteiger charge is -2.34. The monoisotopic (exact) mass is 519 g/mol. The standard InChI is InChI=1S/C21H19F6N5O2S/c1-9-3-10(31-16(33)12-6-30-14(7-29-12)34-8-21(25,26)27)4-11(15(9)22)19(2)13-5-20(13,17(23)24)35-18(28)32-19/h3-4,6-7,13,17H,5,8H2,1-2H3,(H2,28,32)(H,31,33)/t13-,19+,20-/m0/s1. The van der Waals surface area contributed by atoms with Crippen LogP contribution in [0.1, 0.15) is 35.0 Å². The molecule has 1 amide bonds. The van der Waals surface area contributed by atoms with Crippen molar-refractivity contribution in [2.45, 2.75) is 43.2 Å². The third kappa shape index (κ3) is 4.75. The molecule has 2 heterocycles. The topological polar surface area (TPSA) is 102 Å². The number of alkyl halides is 5. The van der Waals surface area contributed by atoms with E-state index in [4.69, 9.17) is 5.73 Å². The molecule has 1 aliphatic carbocycles. The number of hydrogen-bond acceptors (Lipinski definition) is 7. The molecule has 0 bridgehead atoms. The summed E-state index contributed by atoms with van der Waals surface area (Å²) in [5, 5.41) is 2.44. The number of thioether (sulfide) groups is 1. The van der Waals surface area contributed by atoms with E-state index in [1.54, 1.807) is 0 Å². The molecule has 1 saturated carbocycles. The first kappa shape index (κ1) is 25.1. The molecule has 4 rings (SSSR count). The number of amides is 1. The largest absolute Gasteiger partial charge is 0.467 e. The molecule has 2 aliphatic rings. The molecule has 2 aromatic rings. The van der Waals surface area contributed by atoms with Crippen molar-refractivity contribution in [1.29, 1.82) is 0 Å². The molecule has 0 unspecified atom stereocenters. The van der Waals surface area contributed by atoms with Crippen molar-refractivity contribution >= 4 is 28.5 Å². The first-order valence-electron chi connectivity index (χ1n) is 10.2. The summed E-state index contributed by atoms with van der Waals surface area (Å²) in [6, 6.07) is 2.64. The number of fused-ring (bicyclic) bond motifs is 1. The van der Waals surface area contributed by atoms with Crippen LogP contribution in [0.2, 0.25) is 0 Å². The first-order valence-corrected chi connectivity index (χ1v) is 11.0. The average Bonchev–Trinajstić information content (AvgIpc) is 3.51. The first-order chi connectivity index (χ1) is 16.2. The van der Waals surface area contributed by atoms with Crippen LogP contribution >= 0.6 is 11.8 Å². The van der Waals surface area contributed by atoms with Crippen LogP contribution in [0.4, 0.5) is 32.0 Å². The maximum atomic E-state index is 15.2. The zero-order valence-corrected chi connectivity index (χ0v) is 19.1. The number of anilines is 1. The van der Waals surface area contributed by atoms with E-state index in [0.29, 0.717) is 0 Å². The summed E-state index contributed by atoms with van der Waals surface area (Å²) in [7, 11) is 0. The molecule has 3 atom stereocenters. The summed E-state index contributed by atoms with van der Waals surface area (Å²) in [5.41, 5.74) is 4.49. The van der Waals surface area contributed by atoms with Gasteiger partial charge in [-0.25, -0.2) is 23.1 Å². The summed E-state index contributed by atoms with van der Waals surface area (Å²) in [4.78, 5) is 24.3. The Morgan fingerprint density at radius 1 is 1.31 bits per heavy atom. The minimum atomic E-state index is -4.56. The van der Waals surface area contributed by atoms with Crippen LogP contribution in [0.5, 0.6) is 5.88 Å². The molecule has 0 saturated heterocycles. The Labute approximate surface area is 199 Å². The number of ether oxygens (including phenoxy) is 1. The summed E-state index contributed by atoms with van der Waals surface area (Å²) in [6.07, 6.45) is -5.36. The van der Waals surface area contributed by atoms with Crippen molar-refractivity contribution in [3.63, 3.8) is 0 Å². The van der Waals surface area contributed by atoms with E-state index < -0.39 is 53.0 Å². The van der Waals surface area contributed by atoms with Crippen LogP contribution in [0.3, 0.4) is 0 Å². The van der Waals surface area contributed by atoms with E-state index in [2.05, 4.69) is 25.0 Å². The third-order valence-corrected chi connectivity index (χ3v) is 7.25. The maximum absolute atomic E-state index is 15.2. The van der Waals surface area contributed by atoms with Gasteiger partial charge in [-0.15, -0.1) is 0 Å². The van der Waals surface area contributed by atoms with E-state index in [9.17, 15) is 26.7 Å². The fourth-order valence-corrected chi connectivity index (χ4v) is 5.51. The zero-order chi connectivity index (χ0) is 25.8. The fourth-order valence-electron chi connectivity index (χ4n) is 4.17. The molecule has 0 radical (unpaired) electrons. The Bertz CT molecular complexity index is 1190. The second-order valence-corrected chi connectivity index (χ2v) is 9.85. The summed E-state index contributed by atoms with van der Waals surface area (Å²) >= 11 is 0.794. The number of carbonyl (C=O) groups excluding carboxylic acids is 1. The molecule has 1 aromatic carbocycles. The number of halogens is 6. The van der Waals surface area contributed by atoms with Gasteiger partial charge in [-0.3, -0.25) is 9.79 Å². The number of nitrogens with zero attached hydrogens (tertiary/aromatic N) is 3. The molecule has 1 aromatic heterocycles. The number of amidine groups is 1. The number of nitrogens with two attached hydrogens (primary N) is 1. The Balaban J connectivity index is 1.57. The molecule has 188 valence electrons. The average molecular weight is 519 g/mol. The van der Waals surface area contributed by atoms with Gasteiger partial charge in [0.15, 0.2) is 11.8 Å². The molecule has 1 aliphatic heterocycles. The minimum Gasteiger partial charge on any atom is -0.467 e. The number of carbonyl (C=O) groups is 1. The normalized spacial score (nSPS) is 25.6. The number of hydrogen-bond donors (Lipinski definition) is 2. The molecule has 0 spiro atoms. The van der Waals surface area contributed by atoms with Gasteiger partial charge in [-0.2, -0.15) is 13.2 Å². The highest BCUT2D eigenvalue weighted by atomic mass is 32.2. The van der Waals surface area contributed by atoms with E-state index >= 15 is 4.39 Å². The van der Waals surface area contributed by atoms with Gasteiger partial charge in [0.1, 0.15) is 11.5 Å². The summed E-state index contributed by atoms with van der Waals surface area (Å²) in [5.74, 6) is -2.53. The quantitative estimate of drug-likeness (QED) is 0.548. The van der Waals surface area contributed by atoms with Gasteiger partial charge < -0.3 is 15.8 Å². The van der Waals surface area contributed by atoms with Gasteiger partial charge in [0.05, 0.1) is 22.7 Å². The zero-order valence-electron chi connectivity index (χ0n) is 18.3. The Morgan fingerprint density at radius 2 is 2.03 bits per heavy atom. The second-order valence-electron chi connectivity index (χ2n) is 8.46. The lowest BCUT2D eigenvalue weighted by molar-refractivity contribution is -0.154. The molecule has 14 heteroatoms. The highest BCUT2D eigenvalue weighted by Crippen LogP contribution is 2.68. The molecular weight excluding hydrogens is 500 g/mol. The van der Waals surface area contributed by atoms with Gasteiger partial charge in [0, 0.05) is 17.2 Å². The predicted octanol–water partition coefficient (Wildman–Crippen LogP) is 4.42. The lowest BCUT2D eigenvalue weighted by Crippen LogP contribution is -2.39. The number of rotatable bonds is 6. The van der Waals surface area contributed by atoms with Crippen molar-refractivity contribution in [2.24, 2.45) is 16.6 Å². The predicted molar refractivity (Wildman–Crippen MR) is 116 cm³/mol. The molecule has 7 nitrogen and oxygen atoms in total. The summed E-state index contributed by atoms with van der Waals surface area (Å²) in [6.45, 7) is 1.41. The Hall–Kier alpha value is -3.03. The third-order valence-electron chi connectivity index (χ3n) is 5.94. The fraction of sp³-hybridized carbons (Fsp3) is 0.429. The SMILES string of the molecule is Cc1cc(NC(=O)c2cnc(OCC(F)(F)F)cn2)cc([C@@]2(C)N=C(N)S[C@@]3(C(F)F)C[C@@H]23)c1F. The van der Waals surface area contributed by atoms with Crippen LogP contribution in [0.25, 0.3) is 0 Å². The van der Waals surface area contributed by atoms with Gasteiger partial charge in [0.25, 0.3) is 12.3 Å². The van der Waals surface area contributed by atoms with E-state index in [1.165, 1.54) is 26.0 Å². The van der Waals surface area contributed by atoms with Crippen molar-refractivity contribution in [2.75, 3.05) is 11.9 Å². The van der Waals surface area contributed by atoms with Crippen molar-refractivity contribution in [1.82, 2.24) is 9.97 Å². The van der Waals surface area contributed by atoms with Gasteiger partial charge in [0.2, 0.25) is 5.88 Å². The molecule has 3 N–H and O–H groups in total. The molecule has 35 heavy (non-hydrogen) atoms. The van der Waals surface area contributed by atoms with Crippen molar-refractivity contribution in [3.05, 3.63) is 47.2 Å². The van der Waals surface area contributed by atoms with Crippen LogP contribution in [-0.4, -0.2) is 45.0 Å². The van der Waals surface area contributed by atoms with Crippen LogP contribution in [0.15, 0.2) is 29.5 Å². The number of aryl methyl sites for hydroxylation is 1. The Morgan fingerprint density at radius 3 is 2.63 bits per heavy atom. The highest BCUT2D eigenvalue weighted by Gasteiger charge is 2.71. The van der Waals surface area contributed by atoms with Crippen LogP contribution < -0.4 is 15.8 Å². The number of nitrogens with one attached hydrogen (secondary N) is 1. The lowest BCUT2D eigenvalue weighted by atomic mass is 9.84. The summed E-state index contributed by atoms with van der Waals surface area (Å²) < 4.78 is 82.4. The van der Waals surface area contributed by atoms with E-state index in [-0.39, 0.29) is 34.1 Å². The van der Waals surface area contributed by atoms with Crippen molar-refractivity contribution < 1.29 is 35.9 Å². The molecule has 1 fully saturated rings. The van der Waals surface area contributed by atoms with E-state index in [0.717, 1.165) is 24.2 Å². The number of aromatic nitrogens is 2. The molecular formula is C21H19F6N5O2S. The van der Waals surface area contributed by atoms with Gasteiger partial charge in [-0.05, 0) is 38.0 Å².